The molecule has 0 atom stereocenters. The van der Waals surface area contributed by atoms with Gasteiger partial charge in [-0.1, -0.05) is 0 Å². The molecule has 8 heteroatoms. The van der Waals surface area contributed by atoms with Crippen LogP contribution in [-0.4, -0.2) is 36.0 Å². The molecule has 2 aliphatic heterocycles. The highest BCUT2D eigenvalue weighted by molar-refractivity contribution is 5.80. The van der Waals surface area contributed by atoms with Crippen LogP contribution in [0, 0.1) is 20.2 Å². The van der Waals surface area contributed by atoms with E-state index in [1.807, 2.05) is 9.80 Å². The van der Waals surface area contributed by atoms with E-state index in [0.717, 1.165) is 32.2 Å². The summed E-state index contributed by atoms with van der Waals surface area (Å²) in [6.07, 6.45) is 0. The van der Waals surface area contributed by atoms with Crippen molar-refractivity contribution < 1.29 is 9.85 Å². The number of nitrogens with zero attached hydrogens (tertiary/aromatic N) is 4. The zero-order valence-corrected chi connectivity index (χ0v) is 9.40. The van der Waals surface area contributed by atoms with Crippen molar-refractivity contribution in [2.24, 2.45) is 0 Å². The molecule has 0 aromatic heterocycles. The molecule has 2 aliphatic rings. The summed E-state index contributed by atoms with van der Waals surface area (Å²) >= 11 is 0. The smallest absolute Gasteiger partial charge is 0.299 e. The Bertz CT molecular complexity index is 506. The Morgan fingerprint density at radius 2 is 1.22 bits per heavy atom. The monoisotopic (exact) mass is 250 g/mol. The Labute approximate surface area is 102 Å². The molecule has 0 bridgehead atoms. The van der Waals surface area contributed by atoms with E-state index in [0.29, 0.717) is 11.4 Å². The molecule has 0 spiro atoms. The van der Waals surface area contributed by atoms with Gasteiger partial charge in [0.1, 0.15) is 11.4 Å². The Balaban J connectivity index is 2.16. The second kappa shape index (κ2) is 3.56. The molecule has 3 rings (SSSR count). The number of nitro benzene ring substituents is 2. The lowest BCUT2D eigenvalue weighted by Crippen LogP contribution is -2.04. The minimum atomic E-state index is -0.563. The first-order valence-electron chi connectivity index (χ1n) is 5.54. The van der Waals surface area contributed by atoms with Crippen molar-refractivity contribution in [2.75, 3.05) is 36.0 Å². The highest BCUT2D eigenvalue weighted by atomic mass is 16.6. The van der Waals surface area contributed by atoms with Crippen LogP contribution in [0.15, 0.2) is 12.1 Å². The molecule has 0 amide bonds. The van der Waals surface area contributed by atoms with Gasteiger partial charge in [-0.3, -0.25) is 20.2 Å². The lowest BCUT2D eigenvalue weighted by atomic mass is 10.2. The number of hydrogen-bond donors (Lipinski definition) is 0. The number of hydrogen-bond acceptors (Lipinski definition) is 6. The molecular formula is C10H10N4O4. The molecule has 2 saturated heterocycles. The normalized spacial score (nSPS) is 16.7. The molecule has 1 aromatic rings. The average molecular weight is 250 g/mol. The lowest BCUT2D eigenvalue weighted by molar-refractivity contribution is -0.393. The van der Waals surface area contributed by atoms with Gasteiger partial charge in [0.25, 0.3) is 11.4 Å². The lowest BCUT2D eigenvalue weighted by Gasteiger charge is -2.09. The second-order valence-electron chi connectivity index (χ2n) is 4.32. The van der Waals surface area contributed by atoms with Crippen molar-refractivity contribution in [3.63, 3.8) is 0 Å². The van der Waals surface area contributed by atoms with Crippen molar-refractivity contribution in [1.82, 2.24) is 0 Å². The summed E-state index contributed by atoms with van der Waals surface area (Å²) in [7, 11) is 0. The topological polar surface area (TPSA) is 92.3 Å². The predicted octanol–water partition coefficient (Wildman–Crippen LogP) is 1.14. The molecule has 0 saturated carbocycles. The van der Waals surface area contributed by atoms with Gasteiger partial charge in [0.2, 0.25) is 0 Å². The van der Waals surface area contributed by atoms with E-state index in [4.69, 9.17) is 0 Å². The quantitative estimate of drug-likeness (QED) is 0.452. The highest BCUT2D eigenvalue weighted by Gasteiger charge is 2.35. The molecule has 0 aliphatic carbocycles. The standard InChI is InChI=1S/C10H10N4O4/c15-13(16)9-6-10(14(17)18)8(12-3-4-12)5-7(9)11-1-2-11/h5-6H,1-4H2. The number of nitro groups is 2. The Kier molecular flexibility index (Phi) is 2.12. The summed E-state index contributed by atoms with van der Waals surface area (Å²) in [4.78, 5) is 24.5. The fraction of sp³-hybridized carbons (Fsp3) is 0.400. The third-order valence-electron chi connectivity index (χ3n) is 3.04. The largest absolute Gasteiger partial charge is 0.362 e. The minimum Gasteiger partial charge on any atom is -0.362 e. The number of anilines is 2. The van der Waals surface area contributed by atoms with Crippen molar-refractivity contribution in [1.29, 1.82) is 0 Å². The molecule has 0 unspecified atom stereocenters. The average Bonchev–Trinajstić information content (AvgIpc) is 3.16. The van der Waals surface area contributed by atoms with Crippen molar-refractivity contribution in [3.05, 3.63) is 32.4 Å². The minimum absolute atomic E-state index is 0.190. The van der Waals surface area contributed by atoms with E-state index < -0.39 is 9.85 Å². The summed E-state index contributed by atoms with van der Waals surface area (Å²) in [6.45, 7) is 3.05. The SMILES string of the molecule is O=[N+]([O-])c1cc([N+](=O)[O-])c(N2CC2)cc1N1CC1. The van der Waals surface area contributed by atoms with E-state index in [9.17, 15) is 20.2 Å². The maximum atomic E-state index is 11.0. The van der Waals surface area contributed by atoms with Gasteiger partial charge in [-0.2, -0.15) is 0 Å². The molecule has 8 nitrogen and oxygen atoms in total. The van der Waals surface area contributed by atoms with E-state index >= 15 is 0 Å². The molecule has 2 heterocycles. The predicted molar refractivity (Wildman–Crippen MR) is 64.2 cm³/mol. The summed E-state index contributed by atoms with van der Waals surface area (Å²) in [5.74, 6) is 0. The summed E-state index contributed by atoms with van der Waals surface area (Å²) in [5.41, 5.74) is 0.578. The Morgan fingerprint density at radius 1 is 0.833 bits per heavy atom. The van der Waals surface area contributed by atoms with Crippen LogP contribution in [0.25, 0.3) is 0 Å². The van der Waals surface area contributed by atoms with Gasteiger partial charge in [-0.15, -0.1) is 0 Å². The Hall–Kier alpha value is -2.38. The third kappa shape index (κ3) is 1.71. The van der Waals surface area contributed by atoms with Crippen LogP contribution in [0.2, 0.25) is 0 Å². The van der Waals surface area contributed by atoms with Crippen molar-refractivity contribution in [3.8, 4) is 0 Å². The summed E-state index contributed by atoms with van der Waals surface area (Å²) in [5, 5.41) is 21.9. The van der Waals surface area contributed by atoms with Crippen LogP contribution in [0.4, 0.5) is 22.7 Å². The first-order valence-corrected chi connectivity index (χ1v) is 5.54. The molecule has 0 radical (unpaired) electrons. The maximum Gasteiger partial charge on any atom is 0.299 e. The van der Waals surface area contributed by atoms with Gasteiger partial charge >= 0.3 is 0 Å². The maximum absolute atomic E-state index is 11.0. The highest BCUT2D eigenvalue weighted by Crippen LogP contribution is 2.43. The molecule has 18 heavy (non-hydrogen) atoms. The van der Waals surface area contributed by atoms with Gasteiger partial charge in [0, 0.05) is 26.2 Å². The van der Waals surface area contributed by atoms with E-state index in [1.54, 1.807) is 6.07 Å². The molecule has 2 fully saturated rings. The van der Waals surface area contributed by atoms with Gasteiger partial charge in [-0.05, 0) is 6.07 Å². The van der Waals surface area contributed by atoms with Gasteiger partial charge in [0.15, 0.2) is 0 Å². The fourth-order valence-corrected chi connectivity index (χ4v) is 1.94. The summed E-state index contributed by atoms with van der Waals surface area (Å²) < 4.78 is 0. The first-order chi connectivity index (χ1) is 8.58. The molecule has 94 valence electrons. The van der Waals surface area contributed by atoms with E-state index in [2.05, 4.69) is 0 Å². The summed E-state index contributed by atoms with van der Waals surface area (Å²) in [6, 6.07) is 2.64. The third-order valence-corrected chi connectivity index (χ3v) is 3.04. The zero-order chi connectivity index (χ0) is 12.9. The Morgan fingerprint density at radius 3 is 1.50 bits per heavy atom. The van der Waals surface area contributed by atoms with Crippen LogP contribution in [-0.2, 0) is 0 Å². The van der Waals surface area contributed by atoms with Crippen molar-refractivity contribution in [2.45, 2.75) is 0 Å². The van der Waals surface area contributed by atoms with Crippen LogP contribution in [0.5, 0.6) is 0 Å². The van der Waals surface area contributed by atoms with E-state index in [-0.39, 0.29) is 11.4 Å². The fourth-order valence-electron chi connectivity index (χ4n) is 1.94. The van der Waals surface area contributed by atoms with Gasteiger partial charge in [0.05, 0.1) is 15.9 Å². The second-order valence-corrected chi connectivity index (χ2v) is 4.32. The number of benzene rings is 1. The van der Waals surface area contributed by atoms with Crippen LogP contribution >= 0.6 is 0 Å². The van der Waals surface area contributed by atoms with E-state index in [1.165, 1.54) is 0 Å². The van der Waals surface area contributed by atoms with Crippen LogP contribution in [0.3, 0.4) is 0 Å². The molecule has 0 N–H and O–H groups in total. The molecule has 1 aromatic carbocycles. The molecular weight excluding hydrogens is 240 g/mol. The number of rotatable bonds is 4. The van der Waals surface area contributed by atoms with Crippen molar-refractivity contribution >= 4 is 22.7 Å². The zero-order valence-electron chi connectivity index (χ0n) is 9.40. The van der Waals surface area contributed by atoms with Crippen LogP contribution < -0.4 is 9.80 Å². The van der Waals surface area contributed by atoms with Gasteiger partial charge in [-0.25, -0.2) is 0 Å². The van der Waals surface area contributed by atoms with Gasteiger partial charge < -0.3 is 9.80 Å². The van der Waals surface area contributed by atoms with Crippen LogP contribution in [0.1, 0.15) is 0 Å². The first kappa shape index (κ1) is 10.8.